The van der Waals surface area contributed by atoms with Crippen LogP contribution >= 0.6 is 0 Å². The SMILES string of the molecule is COC(=O)N1c2ccc3c(nc(Cc4ccccc4)n3CCN3CCN(S(C)=O)CC3)c2CC[C@@H]1C. The van der Waals surface area contributed by atoms with Crippen molar-refractivity contribution in [3.05, 3.63) is 59.4 Å². The summed E-state index contributed by atoms with van der Waals surface area (Å²) in [5.41, 5.74) is 5.38. The fraction of sp³-hybridized carbons (Fsp3) is 0.481. The van der Waals surface area contributed by atoms with Crippen LogP contribution in [0.5, 0.6) is 0 Å². The fourth-order valence-corrected chi connectivity index (χ4v) is 6.14. The highest BCUT2D eigenvalue weighted by atomic mass is 32.2. The third kappa shape index (κ3) is 4.92. The minimum atomic E-state index is -0.902. The summed E-state index contributed by atoms with van der Waals surface area (Å²) in [5, 5.41) is 0. The molecule has 1 fully saturated rings. The number of carbonyl (C=O) groups excluding carboxylic acids is 1. The fourth-order valence-electron chi connectivity index (χ4n) is 5.47. The number of imidazole rings is 1. The molecule has 1 aromatic heterocycles. The number of rotatable bonds is 6. The summed E-state index contributed by atoms with van der Waals surface area (Å²) in [7, 11) is 0.535. The van der Waals surface area contributed by atoms with Gasteiger partial charge in [0, 0.05) is 63.6 Å². The summed E-state index contributed by atoms with van der Waals surface area (Å²) >= 11 is 0. The van der Waals surface area contributed by atoms with Crippen molar-refractivity contribution >= 4 is 33.8 Å². The van der Waals surface area contributed by atoms with Gasteiger partial charge in [-0.3, -0.25) is 9.80 Å². The van der Waals surface area contributed by atoms with E-state index in [4.69, 9.17) is 9.72 Å². The van der Waals surface area contributed by atoms with Crippen molar-refractivity contribution in [2.45, 2.75) is 38.8 Å². The highest BCUT2D eigenvalue weighted by molar-refractivity contribution is 7.81. The predicted octanol–water partition coefficient (Wildman–Crippen LogP) is 3.45. The molecule has 0 bridgehead atoms. The average molecular weight is 510 g/mol. The molecular formula is C27H35N5O3S. The van der Waals surface area contributed by atoms with Gasteiger partial charge in [-0.1, -0.05) is 30.3 Å². The maximum Gasteiger partial charge on any atom is 0.414 e. The summed E-state index contributed by atoms with van der Waals surface area (Å²) in [6, 6.07) is 14.7. The molecule has 0 N–H and O–H groups in total. The van der Waals surface area contributed by atoms with Crippen LogP contribution in [0.2, 0.25) is 0 Å². The van der Waals surface area contributed by atoms with E-state index in [9.17, 15) is 9.00 Å². The van der Waals surface area contributed by atoms with Crippen molar-refractivity contribution in [2.24, 2.45) is 0 Å². The van der Waals surface area contributed by atoms with Crippen molar-refractivity contribution in [3.8, 4) is 0 Å². The first-order valence-electron chi connectivity index (χ1n) is 12.7. The van der Waals surface area contributed by atoms with Gasteiger partial charge in [-0.05, 0) is 37.5 Å². The number of aromatic nitrogens is 2. The summed E-state index contributed by atoms with van der Waals surface area (Å²) in [6.07, 6.45) is 3.96. The molecule has 1 amide bonds. The molecule has 3 heterocycles. The van der Waals surface area contributed by atoms with Gasteiger partial charge in [0.25, 0.3) is 0 Å². The monoisotopic (exact) mass is 509 g/mol. The van der Waals surface area contributed by atoms with Crippen LogP contribution < -0.4 is 4.90 Å². The minimum Gasteiger partial charge on any atom is -0.452 e. The number of carbonyl (C=O) groups is 1. The number of hydrogen-bond acceptors (Lipinski definition) is 5. The van der Waals surface area contributed by atoms with Gasteiger partial charge < -0.3 is 9.30 Å². The first-order chi connectivity index (χ1) is 17.5. The molecular weight excluding hydrogens is 474 g/mol. The van der Waals surface area contributed by atoms with Crippen molar-refractivity contribution in [3.63, 3.8) is 0 Å². The highest BCUT2D eigenvalue weighted by Crippen LogP contribution is 2.36. The molecule has 0 saturated carbocycles. The number of ether oxygens (including phenoxy) is 1. The minimum absolute atomic E-state index is 0.0874. The number of amides is 1. The van der Waals surface area contributed by atoms with Gasteiger partial charge in [0.1, 0.15) is 5.82 Å². The van der Waals surface area contributed by atoms with Gasteiger partial charge >= 0.3 is 6.09 Å². The zero-order chi connectivity index (χ0) is 25.2. The Labute approximate surface area is 215 Å². The maximum atomic E-state index is 12.6. The zero-order valence-corrected chi connectivity index (χ0v) is 22.2. The van der Waals surface area contributed by atoms with Gasteiger partial charge in [-0.2, -0.15) is 0 Å². The van der Waals surface area contributed by atoms with Crippen LogP contribution in [0.4, 0.5) is 10.5 Å². The Morgan fingerprint density at radius 2 is 1.83 bits per heavy atom. The van der Waals surface area contributed by atoms with E-state index in [0.717, 1.165) is 86.6 Å². The number of fused-ring (bicyclic) bond motifs is 3. The lowest BCUT2D eigenvalue weighted by molar-refractivity contribution is 0.175. The highest BCUT2D eigenvalue weighted by Gasteiger charge is 2.31. The normalized spacial score (nSPS) is 19.9. The van der Waals surface area contributed by atoms with Gasteiger partial charge in [-0.25, -0.2) is 18.3 Å². The van der Waals surface area contributed by atoms with Gasteiger partial charge in [0.05, 0.1) is 34.8 Å². The summed E-state index contributed by atoms with van der Waals surface area (Å²) < 4.78 is 21.3. The quantitative estimate of drug-likeness (QED) is 0.509. The Balaban J connectivity index is 1.48. The van der Waals surface area contributed by atoms with Crippen LogP contribution in [-0.4, -0.2) is 81.2 Å². The largest absolute Gasteiger partial charge is 0.452 e. The maximum absolute atomic E-state index is 12.6. The number of piperazine rings is 1. The molecule has 3 aromatic rings. The summed E-state index contributed by atoms with van der Waals surface area (Å²) in [4.78, 5) is 22.0. The second-order valence-corrected chi connectivity index (χ2v) is 11.1. The Hall–Kier alpha value is -2.75. The topological polar surface area (TPSA) is 70.9 Å². The van der Waals surface area contributed by atoms with E-state index < -0.39 is 11.0 Å². The molecule has 2 aliphatic heterocycles. The molecule has 192 valence electrons. The van der Waals surface area contributed by atoms with Crippen LogP contribution in [0.15, 0.2) is 42.5 Å². The molecule has 2 aliphatic rings. The van der Waals surface area contributed by atoms with Crippen LogP contribution in [-0.2, 0) is 35.1 Å². The standard InChI is InChI=1S/C27H35N5O3S/c1-20-9-10-22-23(32(20)27(33)35-2)11-12-24-26(22)28-25(19-21-7-5-4-6-8-21)31(24)18-15-29-13-16-30(17-14-29)36(3)34/h4-8,11-12,20H,9-10,13-19H2,1-3H3/t20-,36?/m0/s1. The summed E-state index contributed by atoms with van der Waals surface area (Å²) in [6.45, 7) is 7.32. The first kappa shape index (κ1) is 24.9. The lowest BCUT2D eigenvalue weighted by Gasteiger charge is -2.34. The number of methoxy groups -OCH3 is 1. The van der Waals surface area contributed by atoms with Crippen molar-refractivity contribution in [1.82, 2.24) is 18.8 Å². The van der Waals surface area contributed by atoms with Crippen molar-refractivity contribution in [2.75, 3.05) is 51.0 Å². The number of aryl methyl sites for hydroxylation is 1. The second kappa shape index (κ2) is 10.7. The summed E-state index contributed by atoms with van der Waals surface area (Å²) in [5.74, 6) is 1.04. The number of benzene rings is 2. The molecule has 1 unspecified atom stereocenters. The molecule has 0 radical (unpaired) electrons. The van der Waals surface area contributed by atoms with E-state index >= 15 is 0 Å². The molecule has 2 atom stereocenters. The van der Waals surface area contributed by atoms with Crippen LogP contribution in [0, 0.1) is 0 Å². The van der Waals surface area contributed by atoms with E-state index in [-0.39, 0.29) is 12.1 Å². The van der Waals surface area contributed by atoms with Crippen LogP contribution in [0.25, 0.3) is 11.0 Å². The van der Waals surface area contributed by atoms with E-state index in [1.165, 1.54) is 12.7 Å². The third-order valence-corrected chi connectivity index (χ3v) is 8.60. The van der Waals surface area contributed by atoms with E-state index in [0.29, 0.717) is 0 Å². The molecule has 8 nitrogen and oxygen atoms in total. The average Bonchev–Trinajstić information content (AvgIpc) is 3.24. The number of nitrogens with zero attached hydrogens (tertiary/aromatic N) is 5. The Bertz CT molecular complexity index is 1250. The van der Waals surface area contributed by atoms with Crippen molar-refractivity contribution in [1.29, 1.82) is 0 Å². The molecule has 9 heteroatoms. The Kier molecular flexibility index (Phi) is 7.41. The lowest BCUT2D eigenvalue weighted by atomic mass is 9.96. The van der Waals surface area contributed by atoms with Gasteiger partial charge in [0.2, 0.25) is 0 Å². The number of hydrogen-bond donors (Lipinski definition) is 0. The molecule has 2 aromatic carbocycles. The van der Waals surface area contributed by atoms with Crippen molar-refractivity contribution < 1.29 is 13.7 Å². The predicted molar refractivity (Wildman–Crippen MR) is 144 cm³/mol. The first-order valence-corrected chi connectivity index (χ1v) is 14.2. The molecule has 0 aliphatic carbocycles. The molecule has 36 heavy (non-hydrogen) atoms. The number of anilines is 1. The third-order valence-electron chi connectivity index (χ3n) is 7.50. The van der Waals surface area contributed by atoms with Gasteiger partial charge in [0.15, 0.2) is 0 Å². The molecule has 0 spiro atoms. The lowest BCUT2D eigenvalue weighted by Crippen LogP contribution is -2.47. The van der Waals surface area contributed by atoms with Gasteiger partial charge in [-0.15, -0.1) is 0 Å². The Morgan fingerprint density at radius 1 is 1.08 bits per heavy atom. The molecule has 1 saturated heterocycles. The van der Waals surface area contributed by atoms with Crippen LogP contribution in [0.3, 0.4) is 0 Å². The Morgan fingerprint density at radius 3 is 2.53 bits per heavy atom. The van der Waals surface area contributed by atoms with E-state index in [2.05, 4.69) is 52.8 Å². The van der Waals surface area contributed by atoms with E-state index in [1.54, 1.807) is 11.2 Å². The molecule has 5 rings (SSSR count). The van der Waals surface area contributed by atoms with E-state index in [1.807, 2.05) is 10.4 Å². The smallest absolute Gasteiger partial charge is 0.414 e. The second-order valence-electron chi connectivity index (χ2n) is 9.70. The van der Waals surface area contributed by atoms with Crippen LogP contribution in [0.1, 0.15) is 30.3 Å². The zero-order valence-electron chi connectivity index (χ0n) is 21.4.